The van der Waals surface area contributed by atoms with Gasteiger partial charge in [-0.1, -0.05) is 0 Å². The Bertz CT molecular complexity index is 628. The first kappa shape index (κ1) is 19.0. The molecule has 3 rings (SSSR count). The summed E-state index contributed by atoms with van der Waals surface area (Å²) in [7, 11) is 0. The van der Waals surface area contributed by atoms with Crippen molar-refractivity contribution in [3.05, 3.63) is 23.3 Å². The highest BCUT2D eigenvalue weighted by Crippen LogP contribution is 2.34. The van der Waals surface area contributed by atoms with E-state index in [9.17, 15) is 4.79 Å². The van der Waals surface area contributed by atoms with E-state index in [2.05, 4.69) is 6.07 Å². The third kappa shape index (κ3) is 4.13. The Hall–Kier alpha value is -1.79. The molecule has 0 saturated carbocycles. The van der Waals surface area contributed by atoms with Gasteiger partial charge in [0.1, 0.15) is 0 Å². The number of nitrogens with zero attached hydrogens (tertiary/aromatic N) is 1. The minimum absolute atomic E-state index is 0.0504. The molecule has 1 fully saturated rings. The van der Waals surface area contributed by atoms with Crippen LogP contribution in [-0.2, 0) is 22.5 Å². The second-order valence-electron chi connectivity index (χ2n) is 6.92. The Labute approximate surface area is 155 Å². The molecule has 26 heavy (non-hydrogen) atoms. The number of benzene rings is 1. The maximum atomic E-state index is 12.9. The van der Waals surface area contributed by atoms with E-state index < -0.39 is 6.04 Å². The van der Waals surface area contributed by atoms with Crippen molar-refractivity contribution in [1.29, 1.82) is 0 Å². The Morgan fingerprint density at radius 2 is 1.81 bits per heavy atom. The van der Waals surface area contributed by atoms with Crippen LogP contribution in [0.5, 0.6) is 11.5 Å². The fourth-order valence-corrected chi connectivity index (χ4v) is 3.78. The van der Waals surface area contributed by atoms with Gasteiger partial charge in [0.15, 0.2) is 11.5 Å². The highest BCUT2D eigenvalue weighted by Gasteiger charge is 2.31. The number of hydrogen-bond donors (Lipinski definition) is 1. The van der Waals surface area contributed by atoms with Crippen LogP contribution in [0, 0.1) is 5.92 Å². The molecule has 6 heteroatoms. The molecule has 1 atom stereocenters. The molecular weight excluding hydrogens is 332 g/mol. The summed E-state index contributed by atoms with van der Waals surface area (Å²) in [5.74, 6) is 1.80. The van der Waals surface area contributed by atoms with Crippen molar-refractivity contribution >= 4 is 5.91 Å². The summed E-state index contributed by atoms with van der Waals surface area (Å²) >= 11 is 0. The SMILES string of the molecule is CCOc1cc2c(cc1OCC)CN(C(=O)C(N)C1CCOCC1)CC2. The molecule has 0 radical (unpaired) electrons. The lowest BCUT2D eigenvalue weighted by Gasteiger charge is -2.34. The van der Waals surface area contributed by atoms with Gasteiger partial charge in [-0.3, -0.25) is 4.79 Å². The molecule has 1 aromatic rings. The minimum Gasteiger partial charge on any atom is -0.490 e. The molecule has 1 unspecified atom stereocenters. The van der Waals surface area contributed by atoms with Crippen molar-refractivity contribution < 1.29 is 19.0 Å². The van der Waals surface area contributed by atoms with E-state index in [1.807, 2.05) is 24.8 Å². The van der Waals surface area contributed by atoms with Crippen LogP contribution in [0.25, 0.3) is 0 Å². The monoisotopic (exact) mass is 362 g/mol. The van der Waals surface area contributed by atoms with Gasteiger partial charge < -0.3 is 24.8 Å². The topological polar surface area (TPSA) is 74.0 Å². The average Bonchev–Trinajstić information content (AvgIpc) is 2.68. The summed E-state index contributed by atoms with van der Waals surface area (Å²) in [4.78, 5) is 14.8. The highest BCUT2D eigenvalue weighted by atomic mass is 16.5. The number of rotatable bonds is 6. The maximum Gasteiger partial charge on any atom is 0.240 e. The summed E-state index contributed by atoms with van der Waals surface area (Å²) in [5.41, 5.74) is 8.64. The number of nitrogens with two attached hydrogens (primary N) is 1. The minimum atomic E-state index is -0.436. The average molecular weight is 362 g/mol. The summed E-state index contributed by atoms with van der Waals surface area (Å²) in [6.45, 7) is 7.78. The number of amides is 1. The van der Waals surface area contributed by atoms with Crippen molar-refractivity contribution in [3.63, 3.8) is 0 Å². The van der Waals surface area contributed by atoms with E-state index >= 15 is 0 Å². The van der Waals surface area contributed by atoms with Crippen molar-refractivity contribution in [1.82, 2.24) is 4.90 Å². The first-order valence-corrected chi connectivity index (χ1v) is 9.67. The lowest BCUT2D eigenvalue weighted by molar-refractivity contribution is -0.135. The zero-order valence-corrected chi connectivity index (χ0v) is 15.8. The predicted molar refractivity (Wildman–Crippen MR) is 99.4 cm³/mol. The van der Waals surface area contributed by atoms with Gasteiger partial charge in [0.2, 0.25) is 5.91 Å². The second kappa shape index (κ2) is 8.73. The summed E-state index contributed by atoms with van der Waals surface area (Å²) < 4.78 is 16.8. The normalized spacial score (nSPS) is 19.0. The molecule has 1 aromatic carbocycles. The first-order valence-electron chi connectivity index (χ1n) is 9.67. The highest BCUT2D eigenvalue weighted by molar-refractivity contribution is 5.82. The molecule has 2 aliphatic rings. The van der Waals surface area contributed by atoms with Crippen LogP contribution in [0.1, 0.15) is 37.8 Å². The number of ether oxygens (including phenoxy) is 3. The van der Waals surface area contributed by atoms with Crippen molar-refractivity contribution in [2.45, 2.75) is 45.7 Å². The number of hydrogen-bond acceptors (Lipinski definition) is 5. The predicted octanol–water partition coefficient (Wildman–Crippen LogP) is 2.12. The number of carbonyl (C=O) groups is 1. The van der Waals surface area contributed by atoms with E-state index in [0.717, 1.165) is 36.3 Å². The summed E-state index contributed by atoms with van der Waals surface area (Å²) in [6, 6.07) is 3.64. The largest absolute Gasteiger partial charge is 0.490 e. The zero-order valence-electron chi connectivity index (χ0n) is 15.8. The molecule has 2 heterocycles. The molecule has 2 N–H and O–H groups in total. The first-order chi connectivity index (χ1) is 12.6. The van der Waals surface area contributed by atoms with Crippen LogP contribution < -0.4 is 15.2 Å². The molecule has 0 bridgehead atoms. The van der Waals surface area contributed by atoms with E-state index in [1.165, 1.54) is 5.56 Å². The fourth-order valence-electron chi connectivity index (χ4n) is 3.78. The van der Waals surface area contributed by atoms with E-state index in [-0.39, 0.29) is 11.8 Å². The molecule has 0 aromatic heterocycles. The third-order valence-corrected chi connectivity index (χ3v) is 5.25. The molecule has 1 saturated heterocycles. The van der Waals surface area contributed by atoms with Crippen LogP contribution in [0.2, 0.25) is 0 Å². The Morgan fingerprint density at radius 1 is 1.19 bits per heavy atom. The smallest absolute Gasteiger partial charge is 0.240 e. The van der Waals surface area contributed by atoms with Crippen LogP contribution in [0.4, 0.5) is 0 Å². The maximum absolute atomic E-state index is 12.9. The Balaban J connectivity index is 1.73. The molecular formula is C20H30N2O4. The van der Waals surface area contributed by atoms with Crippen LogP contribution >= 0.6 is 0 Å². The van der Waals surface area contributed by atoms with Crippen molar-refractivity contribution in [3.8, 4) is 11.5 Å². The van der Waals surface area contributed by atoms with Crippen molar-refractivity contribution in [2.75, 3.05) is 33.0 Å². The number of fused-ring (bicyclic) bond motifs is 1. The van der Waals surface area contributed by atoms with Crippen LogP contribution in [0.15, 0.2) is 12.1 Å². The van der Waals surface area contributed by atoms with Crippen LogP contribution in [0.3, 0.4) is 0 Å². The van der Waals surface area contributed by atoms with Gasteiger partial charge in [0.25, 0.3) is 0 Å². The quantitative estimate of drug-likeness (QED) is 0.839. The van der Waals surface area contributed by atoms with Crippen molar-refractivity contribution in [2.24, 2.45) is 11.7 Å². The van der Waals surface area contributed by atoms with Gasteiger partial charge in [0.05, 0.1) is 19.3 Å². The molecule has 2 aliphatic heterocycles. The van der Waals surface area contributed by atoms with Gasteiger partial charge in [-0.2, -0.15) is 0 Å². The molecule has 0 spiro atoms. The summed E-state index contributed by atoms with van der Waals surface area (Å²) in [5, 5.41) is 0. The van der Waals surface area contributed by atoms with E-state index in [1.54, 1.807) is 0 Å². The zero-order chi connectivity index (χ0) is 18.5. The second-order valence-corrected chi connectivity index (χ2v) is 6.92. The van der Waals surface area contributed by atoms with Crippen LogP contribution in [-0.4, -0.2) is 49.8 Å². The Kier molecular flexibility index (Phi) is 6.38. The molecule has 1 amide bonds. The molecule has 144 valence electrons. The van der Waals surface area contributed by atoms with E-state index in [0.29, 0.717) is 39.5 Å². The van der Waals surface area contributed by atoms with Gasteiger partial charge in [0, 0.05) is 26.3 Å². The summed E-state index contributed by atoms with van der Waals surface area (Å²) in [6.07, 6.45) is 2.54. The Morgan fingerprint density at radius 3 is 2.42 bits per heavy atom. The third-order valence-electron chi connectivity index (χ3n) is 5.25. The lowest BCUT2D eigenvalue weighted by Crippen LogP contribution is -2.50. The van der Waals surface area contributed by atoms with Gasteiger partial charge in [-0.15, -0.1) is 0 Å². The number of carbonyl (C=O) groups excluding carboxylic acids is 1. The fraction of sp³-hybridized carbons (Fsp3) is 0.650. The molecule has 6 nitrogen and oxygen atoms in total. The lowest BCUT2D eigenvalue weighted by atomic mass is 9.90. The van der Waals surface area contributed by atoms with Gasteiger partial charge in [-0.25, -0.2) is 0 Å². The van der Waals surface area contributed by atoms with E-state index in [4.69, 9.17) is 19.9 Å². The molecule has 0 aliphatic carbocycles. The van der Waals surface area contributed by atoms with Gasteiger partial charge >= 0.3 is 0 Å². The van der Waals surface area contributed by atoms with Gasteiger partial charge in [-0.05, 0) is 62.3 Å². The standard InChI is InChI=1S/C20H30N2O4/c1-3-25-17-11-15-5-8-22(13-16(15)12-18(17)26-4-2)20(23)19(21)14-6-9-24-10-7-14/h11-12,14,19H,3-10,13,21H2,1-2H3.